The van der Waals surface area contributed by atoms with Crippen molar-refractivity contribution in [1.82, 2.24) is 4.98 Å². The van der Waals surface area contributed by atoms with Crippen LogP contribution in [0.5, 0.6) is 5.75 Å². The number of hydrogen-bond acceptors (Lipinski definition) is 6. The average molecular weight is 452 g/mol. The van der Waals surface area contributed by atoms with Gasteiger partial charge in [-0.1, -0.05) is 22.0 Å². The molecule has 144 valence electrons. The molecular formula is C21H14BrN3O4. The molecule has 4 aromatic rings. The lowest BCUT2D eigenvalue weighted by Crippen LogP contribution is -1.93. The highest BCUT2D eigenvalue weighted by Crippen LogP contribution is 2.31. The number of aromatic hydroxyl groups is 1. The molecule has 1 N–H and O–H groups in total. The van der Waals surface area contributed by atoms with Crippen molar-refractivity contribution in [2.24, 2.45) is 4.99 Å². The molecule has 7 nitrogen and oxygen atoms in total. The molecule has 0 unspecified atom stereocenters. The smallest absolute Gasteiger partial charge is 0.311 e. The lowest BCUT2D eigenvalue weighted by molar-refractivity contribution is -0.385. The number of phenolic OH excluding ortho intramolecular Hbond substituents is 1. The number of aliphatic imine (C=N–C) groups is 1. The van der Waals surface area contributed by atoms with E-state index in [4.69, 9.17) is 4.42 Å². The van der Waals surface area contributed by atoms with E-state index in [1.54, 1.807) is 31.2 Å². The van der Waals surface area contributed by atoms with E-state index >= 15 is 0 Å². The van der Waals surface area contributed by atoms with Gasteiger partial charge in [-0.05, 0) is 55.0 Å². The molecule has 4 rings (SSSR count). The normalized spacial score (nSPS) is 11.4. The lowest BCUT2D eigenvalue weighted by Gasteiger charge is -2.02. The molecule has 1 heterocycles. The average Bonchev–Trinajstić information content (AvgIpc) is 3.11. The summed E-state index contributed by atoms with van der Waals surface area (Å²) in [6.07, 6.45) is 1.39. The molecule has 0 aliphatic carbocycles. The molecule has 0 saturated heterocycles. The van der Waals surface area contributed by atoms with Crippen molar-refractivity contribution >= 4 is 44.6 Å². The van der Waals surface area contributed by atoms with E-state index < -0.39 is 10.7 Å². The fourth-order valence-electron chi connectivity index (χ4n) is 2.91. The van der Waals surface area contributed by atoms with E-state index in [9.17, 15) is 15.2 Å². The Bertz CT molecular complexity index is 1280. The van der Waals surface area contributed by atoms with Crippen LogP contribution < -0.4 is 0 Å². The summed E-state index contributed by atoms with van der Waals surface area (Å²) in [6, 6.07) is 15.8. The van der Waals surface area contributed by atoms with Gasteiger partial charge >= 0.3 is 5.69 Å². The van der Waals surface area contributed by atoms with Crippen LogP contribution in [0.15, 0.2) is 68.5 Å². The number of aromatic nitrogens is 1. The first-order valence-corrected chi connectivity index (χ1v) is 9.38. The van der Waals surface area contributed by atoms with Crippen molar-refractivity contribution < 1.29 is 14.4 Å². The highest BCUT2D eigenvalue weighted by atomic mass is 79.9. The number of nitro groups is 1. The summed E-state index contributed by atoms with van der Waals surface area (Å²) in [5.74, 6) is 0.0817. The van der Waals surface area contributed by atoms with E-state index in [0.717, 1.165) is 10.0 Å². The predicted octanol–water partition coefficient (Wildman–Crippen LogP) is 5.93. The van der Waals surface area contributed by atoms with Gasteiger partial charge in [0.2, 0.25) is 11.6 Å². The summed E-state index contributed by atoms with van der Waals surface area (Å²) < 4.78 is 6.73. The third-order valence-electron chi connectivity index (χ3n) is 4.26. The number of fused-ring (bicyclic) bond motifs is 1. The number of nitro benzene ring substituents is 1. The fourth-order valence-corrected chi connectivity index (χ4v) is 3.31. The second kappa shape index (κ2) is 7.48. The highest BCUT2D eigenvalue weighted by molar-refractivity contribution is 9.10. The zero-order valence-electron chi connectivity index (χ0n) is 15.2. The van der Waals surface area contributed by atoms with Gasteiger partial charge in [0.05, 0.1) is 10.6 Å². The Morgan fingerprint density at radius 2 is 2.03 bits per heavy atom. The molecule has 0 atom stereocenters. The predicted molar refractivity (Wildman–Crippen MR) is 114 cm³/mol. The Balaban J connectivity index is 1.68. The maximum Gasteiger partial charge on any atom is 0.311 e. The topological polar surface area (TPSA) is 102 Å². The van der Waals surface area contributed by atoms with Gasteiger partial charge < -0.3 is 9.52 Å². The van der Waals surface area contributed by atoms with E-state index in [1.807, 2.05) is 24.3 Å². The number of rotatable bonds is 4. The van der Waals surface area contributed by atoms with Crippen LogP contribution in [0.25, 0.3) is 22.6 Å². The van der Waals surface area contributed by atoms with Gasteiger partial charge in [0.1, 0.15) is 5.52 Å². The summed E-state index contributed by atoms with van der Waals surface area (Å²) in [7, 11) is 0. The molecule has 8 heteroatoms. The number of oxazole rings is 1. The first-order valence-electron chi connectivity index (χ1n) is 8.59. The number of nitrogens with zero attached hydrogens (tertiary/aromatic N) is 3. The van der Waals surface area contributed by atoms with Crippen LogP contribution in [0.3, 0.4) is 0 Å². The number of halogens is 1. The number of phenols is 1. The Morgan fingerprint density at radius 1 is 1.21 bits per heavy atom. The standard InChI is InChI=1S/C21H14BrN3O4/c1-12-7-14(20(26)18(8-12)25(27)28)11-23-16-5-6-19-17(10-16)24-21(29-19)13-3-2-4-15(22)9-13/h2-11,26H,1H3. The van der Waals surface area contributed by atoms with Crippen LogP contribution in [0, 0.1) is 17.0 Å². The SMILES string of the molecule is Cc1cc(C=Nc2ccc3oc(-c4cccc(Br)c4)nc3c2)c(O)c([N+](=O)[O-])c1. The molecule has 0 saturated carbocycles. The van der Waals surface area contributed by atoms with E-state index in [0.29, 0.717) is 28.2 Å². The van der Waals surface area contributed by atoms with E-state index in [2.05, 4.69) is 25.9 Å². The van der Waals surface area contributed by atoms with Crippen molar-refractivity contribution in [2.75, 3.05) is 0 Å². The minimum Gasteiger partial charge on any atom is -0.502 e. The van der Waals surface area contributed by atoms with Gasteiger partial charge in [-0.2, -0.15) is 0 Å². The maximum atomic E-state index is 11.1. The number of hydrogen-bond donors (Lipinski definition) is 1. The van der Waals surface area contributed by atoms with Crippen LogP contribution in [-0.2, 0) is 0 Å². The second-order valence-corrected chi connectivity index (χ2v) is 7.33. The second-order valence-electron chi connectivity index (χ2n) is 6.42. The summed E-state index contributed by atoms with van der Waals surface area (Å²) >= 11 is 3.43. The van der Waals surface area contributed by atoms with Gasteiger partial charge in [0.25, 0.3) is 0 Å². The highest BCUT2D eigenvalue weighted by Gasteiger charge is 2.17. The van der Waals surface area contributed by atoms with Crippen LogP contribution in [-0.4, -0.2) is 21.2 Å². The van der Waals surface area contributed by atoms with Crippen molar-refractivity contribution in [2.45, 2.75) is 6.92 Å². The van der Waals surface area contributed by atoms with Crippen molar-refractivity contribution in [3.8, 4) is 17.2 Å². The summed E-state index contributed by atoms with van der Waals surface area (Å²) in [5.41, 5.74) is 3.25. The Hall–Kier alpha value is -3.52. The summed E-state index contributed by atoms with van der Waals surface area (Å²) in [4.78, 5) is 19.3. The third kappa shape index (κ3) is 3.88. The molecule has 0 aliphatic rings. The van der Waals surface area contributed by atoms with Crippen molar-refractivity contribution in [3.63, 3.8) is 0 Å². The van der Waals surface area contributed by atoms with Crippen molar-refractivity contribution in [3.05, 3.63) is 80.3 Å². The van der Waals surface area contributed by atoms with Gasteiger partial charge in [-0.3, -0.25) is 15.1 Å². The summed E-state index contributed by atoms with van der Waals surface area (Å²) in [5, 5.41) is 21.2. The van der Waals surface area contributed by atoms with Gasteiger partial charge in [-0.25, -0.2) is 4.98 Å². The molecule has 3 aromatic carbocycles. The molecular weight excluding hydrogens is 438 g/mol. The zero-order chi connectivity index (χ0) is 20.5. The number of benzene rings is 3. The molecule has 0 spiro atoms. The monoisotopic (exact) mass is 451 g/mol. The molecule has 0 radical (unpaired) electrons. The minimum atomic E-state index is -0.620. The molecule has 0 fully saturated rings. The maximum absolute atomic E-state index is 11.1. The zero-order valence-corrected chi connectivity index (χ0v) is 16.8. The largest absolute Gasteiger partial charge is 0.502 e. The molecule has 1 aromatic heterocycles. The van der Waals surface area contributed by atoms with Crippen LogP contribution in [0.1, 0.15) is 11.1 Å². The van der Waals surface area contributed by atoms with Crippen molar-refractivity contribution in [1.29, 1.82) is 0 Å². The molecule has 0 bridgehead atoms. The van der Waals surface area contributed by atoms with Crippen LogP contribution in [0.4, 0.5) is 11.4 Å². The quantitative estimate of drug-likeness (QED) is 0.235. The van der Waals surface area contributed by atoms with Crippen LogP contribution in [0.2, 0.25) is 0 Å². The lowest BCUT2D eigenvalue weighted by atomic mass is 10.1. The Labute approximate surface area is 173 Å². The summed E-state index contributed by atoms with van der Waals surface area (Å²) in [6.45, 7) is 1.72. The molecule has 0 aliphatic heterocycles. The van der Waals surface area contributed by atoms with Gasteiger partial charge in [0.15, 0.2) is 5.58 Å². The Morgan fingerprint density at radius 3 is 2.79 bits per heavy atom. The minimum absolute atomic E-state index is 0.270. The fraction of sp³-hybridized carbons (Fsp3) is 0.0476. The number of aryl methyl sites for hydroxylation is 1. The van der Waals surface area contributed by atoms with E-state index in [1.165, 1.54) is 12.3 Å². The first kappa shape index (κ1) is 18.8. The molecule has 0 amide bonds. The van der Waals surface area contributed by atoms with E-state index in [-0.39, 0.29) is 11.3 Å². The van der Waals surface area contributed by atoms with Gasteiger partial charge in [-0.15, -0.1) is 0 Å². The van der Waals surface area contributed by atoms with Crippen LogP contribution >= 0.6 is 15.9 Å². The molecule has 29 heavy (non-hydrogen) atoms. The third-order valence-corrected chi connectivity index (χ3v) is 4.75. The first-order chi connectivity index (χ1) is 13.9. The Kier molecular flexibility index (Phi) is 4.85. The van der Waals surface area contributed by atoms with Gasteiger partial charge in [0, 0.05) is 27.9 Å².